The summed E-state index contributed by atoms with van der Waals surface area (Å²) >= 11 is 6.27. The van der Waals surface area contributed by atoms with E-state index < -0.39 is 0 Å². The molecule has 21 heavy (non-hydrogen) atoms. The zero-order valence-corrected chi connectivity index (χ0v) is 12.5. The number of nitrogen functional groups attached to an aromatic ring is 1. The Bertz CT molecular complexity index is 777. The van der Waals surface area contributed by atoms with E-state index in [4.69, 9.17) is 17.3 Å². The van der Waals surface area contributed by atoms with Gasteiger partial charge in [0.1, 0.15) is 0 Å². The van der Waals surface area contributed by atoms with Crippen molar-refractivity contribution >= 4 is 17.3 Å². The summed E-state index contributed by atoms with van der Waals surface area (Å²) in [6.45, 7) is 2.67. The molecule has 4 heteroatoms. The Balaban J connectivity index is 1.87. The van der Waals surface area contributed by atoms with Gasteiger partial charge >= 0.3 is 0 Å². The smallest absolute Gasteiger partial charge is 0.0674 e. The Morgan fingerprint density at radius 2 is 2.00 bits per heavy atom. The van der Waals surface area contributed by atoms with Crippen LogP contribution in [0.1, 0.15) is 11.1 Å². The van der Waals surface area contributed by atoms with Gasteiger partial charge in [-0.3, -0.25) is 4.68 Å². The highest BCUT2D eigenvalue weighted by Crippen LogP contribution is 2.25. The Labute approximate surface area is 129 Å². The number of hydrogen-bond donors (Lipinski definition) is 1. The van der Waals surface area contributed by atoms with Gasteiger partial charge in [0, 0.05) is 28.0 Å². The number of aryl methyl sites for hydroxylation is 1. The highest BCUT2D eigenvalue weighted by atomic mass is 35.5. The van der Waals surface area contributed by atoms with E-state index >= 15 is 0 Å². The second-order valence-corrected chi connectivity index (χ2v) is 5.52. The van der Waals surface area contributed by atoms with E-state index in [2.05, 4.69) is 11.2 Å². The van der Waals surface area contributed by atoms with Crippen LogP contribution in [-0.4, -0.2) is 9.78 Å². The molecule has 0 saturated heterocycles. The highest BCUT2D eigenvalue weighted by molar-refractivity contribution is 6.31. The minimum Gasteiger partial charge on any atom is -0.398 e. The summed E-state index contributed by atoms with van der Waals surface area (Å²) in [6.07, 6.45) is 3.82. The largest absolute Gasteiger partial charge is 0.398 e. The lowest BCUT2D eigenvalue weighted by molar-refractivity contribution is 0.687. The molecule has 0 aliphatic heterocycles. The van der Waals surface area contributed by atoms with E-state index in [1.54, 1.807) is 0 Å². The SMILES string of the molecule is Cc1ccc(Cn2cc(-c3ccccc3N)cn2)c(Cl)c1. The molecule has 3 nitrogen and oxygen atoms in total. The summed E-state index contributed by atoms with van der Waals surface area (Å²) in [4.78, 5) is 0. The standard InChI is InChI=1S/C17H16ClN3/c1-12-6-7-13(16(18)8-12)10-21-11-14(9-20-21)15-4-2-3-5-17(15)19/h2-9,11H,10,19H2,1H3. The molecule has 1 aromatic heterocycles. The van der Waals surface area contributed by atoms with E-state index in [1.807, 2.05) is 60.4 Å². The molecule has 0 bridgehead atoms. The zero-order chi connectivity index (χ0) is 14.8. The molecular formula is C17H16ClN3. The fraction of sp³-hybridized carbons (Fsp3) is 0.118. The fourth-order valence-electron chi connectivity index (χ4n) is 2.30. The lowest BCUT2D eigenvalue weighted by Gasteiger charge is -2.05. The number of nitrogens with zero attached hydrogens (tertiary/aromatic N) is 2. The van der Waals surface area contributed by atoms with Crippen molar-refractivity contribution in [2.24, 2.45) is 0 Å². The maximum Gasteiger partial charge on any atom is 0.0674 e. The summed E-state index contributed by atoms with van der Waals surface area (Å²) < 4.78 is 1.87. The van der Waals surface area contributed by atoms with Gasteiger partial charge in [-0.2, -0.15) is 5.10 Å². The third-order valence-electron chi connectivity index (χ3n) is 3.45. The minimum absolute atomic E-state index is 0.645. The maximum atomic E-state index is 6.27. The quantitative estimate of drug-likeness (QED) is 0.738. The van der Waals surface area contributed by atoms with Crippen molar-refractivity contribution in [1.29, 1.82) is 0 Å². The van der Waals surface area contributed by atoms with Crippen LogP contribution in [-0.2, 0) is 6.54 Å². The van der Waals surface area contributed by atoms with Crippen LogP contribution < -0.4 is 5.73 Å². The summed E-state index contributed by atoms with van der Waals surface area (Å²) in [5.74, 6) is 0. The monoisotopic (exact) mass is 297 g/mol. The average molecular weight is 298 g/mol. The van der Waals surface area contributed by atoms with E-state index in [0.29, 0.717) is 6.54 Å². The Kier molecular flexibility index (Phi) is 3.67. The molecular weight excluding hydrogens is 282 g/mol. The molecule has 3 aromatic rings. The predicted octanol–water partition coefficient (Wildman–Crippen LogP) is 4.14. The molecule has 0 amide bonds. The summed E-state index contributed by atoms with van der Waals surface area (Å²) in [7, 11) is 0. The molecule has 0 radical (unpaired) electrons. The summed E-state index contributed by atoms with van der Waals surface area (Å²) in [5.41, 5.74) is 11.0. The van der Waals surface area contributed by atoms with Crippen LogP contribution in [0, 0.1) is 6.92 Å². The number of nitrogens with two attached hydrogens (primary N) is 1. The maximum absolute atomic E-state index is 6.27. The minimum atomic E-state index is 0.645. The highest BCUT2D eigenvalue weighted by Gasteiger charge is 2.07. The second-order valence-electron chi connectivity index (χ2n) is 5.11. The van der Waals surface area contributed by atoms with Gasteiger partial charge in [0.2, 0.25) is 0 Å². The number of rotatable bonds is 3. The molecule has 2 aromatic carbocycles. The van der Waals surface area contributed by atoms with Gasteiger partial charge in [-0.25, -0.2) is 0 Å². The normalized spacial score (nSPS) is 10.8. The van der Waals surface area contributed by atoms with E-state index in [0.717, 1.165) is 33.0 Å². The van der Waals surface area contributed by atoms with Crippen LogP contribution in [0.4, 0.5) is 5.69 Å². The van der Waals surface area contributed by atoms with Crippen molar-refractivity contribution in [3.8, 4) is 11.1 Å². The first-order valence-electron chi connectivity index (χ1n) is 6.76. The van der Waals surface area contributed by atoms with Gasteiger partial charge in [0.15, 0.2) is 0 Å². The number of halogens is 1. The van der Waals surface area contributed by atoms with Crippen molar-refractivity contribution in [1.82, 2.24) is 9.78 Å². The molecule has 3 rings (SSSR count). The Morgan fingerprint density at radius 3 is 2.76 bits per heavy atom. The van der Waals surface area contributed by atoms with Gasteiger partial charge in [0.25, 0.3) is 0 Å². The van der Waals surface area contributed by atoms with E-state index in [-0.39, 0.29) is 0 Å². The molecule has 0 spiro atoms. The summed E-state index contributed by atoms with van der Waals surface area (Å²) in [5, 5.41) is 5.16. The van der Waals surface area contributed by atoms with Gasteiger partial charge in [-0.05, 0) is 30.2 Å². The van der Waals surface area contributed by atoms with Crippen molar-refractivity contribution in [2.75, 3.05) is 5.73 Å². The van der Waals surface area contributed by atoms with Crippen LogP contribution >= 0.6 is 11.6 Å². The third-order valence-corrected chi connectivity index (χ3v) is 3.80. The van der Waals surface area contributed by atoms with Crippen LogP contribution in [0.15, 0.2) is 54.9 Å². The lowest BCUT2D eigenvalue weighted by atomic mass is 10.1. The number of aromatic nitrogens is 2. The predicted molar refractivity (Wildman–Crippen MR) is 87.4 cm³/mol. The van der Waals surface area contributed by atoms with Crippen LogP contribution in [0.25, 0.3) is 11.1 Å². The molecule has 0 aliphatic rings. The number of anilines is 1. The summed E-state index contributed by atoms with van der Waals surface area (Å²) in [6, 6.07) is 13.8. The molecule has 106 valence electrons. The van der Waals surface area contributed by atoms with Crippen LogP contribution in [0.3, 0.4) is 0 Å². The van der Waals surface area contributed by atoms with Crippen molar-refractivity contribution in [2.45, 2.75) is 13.5 Å². The molecule has 0 saturated carbocycles. The number of benzene rings is 2. The fourth-order valence-corrected chi connectivity index (χ4v) is 2.60. The van der Waals surface area contributed by atoms with E-state index in [9.17, 15) is 0 Å². The van der Waals surface area contributed by atoms with Gasteiger partial charge in [0.05, 0.1) is 12.7 Å². The molecule has 0 atom stereocenters. The molecule has 2 N–H and O–H groups in total. The Hall–Kier alpha value is -2.26. The first-order chi connectivity index (χ1) is 10.1. The number of para-hydroxylation sites is 1. The third kappa shape index (κ3) is 2.93. The van der Waals surface area contributed by atoms with Crippen LogP contribution in [0.2, 0.25) is 5.02 Å². The van der Waals surface area contributed by atoms with Crippen molar-refractivity contribution in [3.63, 3.8) is 0 Å². The van der Waals surface area contributed by atoms with E-state index in [1.165, 1.54) is 0 Å². The van der Waals surface area contributed by atoms with Gasteiger partial charge < -0.3 is 5.73 Å². The van der Waals surface area contributed by atoms with Crippen molar-refractivity contribution in [3.05, 3.63) is 71.0 Å². The number of hydrogen-bond acceptors (Lipinski definition) is 2. The Morgan fingerprint density at radius 1 is 1.19 bits per heavy atom. The zero-order valence-electron chi connectivity index (χ0n) is 11.8. The molecule has 0 fully saturated rings. The molecule has 0 aliphatic carbocycles. The average Bonchev–Trinajstić information content (AvgIpc) is 2.91. The molecule has 0 unspecified atom stereocenters. The van der Waals surface area contributed by atoms with Gasteiger partial charge in [-0.1, -0.05) is 41.9 Å². The lowest BCUT2D eigenvalue weighted by Crippen LogP contribution is -2.00. The van der Waals surface area contributed by atoms with Crippen LogP contribution in [0.5, 0.6) is 0 Å². The van der Waals surface area contributed by atoms with Crippen molar-refractivity contribution < 1.29 is 0 Å². The first-order valence-corrected chi connectivity index (χ1v) is 7.13. The first kappa shape index (κ1) is 13.7. The topological polar surface area (TPSA) is 43.8 Å². The second kappa shape index (κ2) is 5.62. The van der Waals surface area contributed by atoms with Gasteiger partial charge in [-0.15, -0.1) is 0 Å². The molecule has 1 heterocycles.